The van der Waals surface area contributed by atoms with Gasteiger partial charge in [0.05, 0.1) is 18.8 Å². The summed E-state index contributed by atoms with van der Waals surface area (Å²) in [4.78, 5) is 0. The number of hydrogen-bond donors (Lipinski definition) is 0. The summed E-state index contributed by atoms with van der Waals surface area (Å²) < 4.78 is 13.2. The number of ether oxygens (including phenoxy) is 2. The Balaban J connectivity index is 1.31. The summed E-state index contributed by atoms with van der Waals surface area (Å²) in [6, 6.07) is 0. The van der Waals surface area contributed by atoms with Crippen molar-refractivity contribution in [2.75, 3.05) is 13.2 Å². The van der Waals surface area contributed by atoms with E-state index in [4.69, 9.17) is 9.47 Å². The fourth-order valence-electron chi connectivity index (χ4n) is 8.47. The van der Waals surface area contributed by atoms with E-state index in [0.717, 1.165) is 48.7 Å². The molecule has 33 heavy (non-hydrogen) atoms. The largest absolute Gasteiger partial charge is 0.378 e. The SMILES string of the molecule is CC(C)C(CC1C2CCCC1CC(CO[C@H](C)C(C)C)C2)OCC1(C)CC2CCCC(C2)C1. The van der Waals surface area contributed by atoms with Crippen LogP contribution in [0.25, 0.3) is 0 Å². The van der Waals surface area contributed by atoms with E-state index in [1.165, 1.54) is 77.0 Å². The molecule has 2 heteroatoms. The standard InChI is InChI=1S/C31H56O2/c1-21(2)23(5)32-19-26-14-27-11-8-12-28(15-26)29(27)16-30(22(3)4)33-20-31(6)17-24-9-7-10-25(13-24)18-31/h21-30H,7-20H2,1-6H3/t23-,24?,25?,26?,27?,28?,29?,30?,31?/m1/s1. The van der Waals surface area contributed by atoms with Crippen LogP contribution in [-0.2, 0) is 9.47 Å². The third kappa shape index (κ3) is 6.78. The third-order valence-corrected chi connectivity index (χ3v) is 10.5. The molecule has 0 saturated heterocycles. The minimum absolute atomic E-state index is 0.391. The summed E-state index contributed by atoms with van der Waals surface area (Å²) in [5.74, 6) is 6.73. The first kappa shape index (κ1) is 26.0. The highest BCUT2D eigenvalue weighted by atomic mass is 16.5. The Labute approximate surface area is 206 Å². The Bertz CT molecular complexity index is 572. The van der Waals surface area contributed by atoms with Crippen LogP contribution in [0.5, 0.6) is 0 Å². The minimum atomic E-state index is 0.391. The molecule has 0 spiro atoms. The first-order valence-corrected chi connectivity index (χ1v) is 15.0. The topological polar surface area (TPSA) is 18.5 Å². The number of fused-ring (bicyclic) bond motifs is 4. The van der Waals surface area contributed by atoms with Gasteiger partial charge in [-0.1, -0.05) is 73.1 Å². The molecular weight excluding hydrogens is 404 g/mol. The first-order valence-electron chi connectivity index (χ1n) is 15.0. The van der Waals surface area contributed by atoms with Crippen molar-refractivity contribution < 1.29 is 9.47 Å². The third-order valence-electron chi connectivity index (χ3n) is 10.5. The lowest BCUT2D eigenvalue weighted by Gasteiger charge is -2.48. The summed E-state index contributed by atoms with van der Waals surface area (Å²) >= 11 is 0. The van der Waals surface area contributed by atoms with Gasteiger partial charge in [0.25, 0.3) is 0 Å². The van der Waals surface area contributed by atoms with Gasteiger partial charge in [-0.05, 0) is 98.2 Å². The van der Waals surface area contributed by atoms with E-state index >= 15 is 0 Å². The molecule has 4 bridgehead atoms. The lowest BCUT2D eigenvalue weighted by Crippen LogP contribution is -2.42. The van der Waals surface area contributed by atoms with Crippen molar-refractivity contribution in [1.82, 2.24) is 0 Å². The molecule has 0 heterocycles. The van der Waals surface area contributed by atoms with Crippen molar-refractivity contribution >= 4 is 0 Å². The van der Waals surface area contributed by atoms with Gasteiger partial charge in [-0.25, -0.2) is 0 Å². The van der Waals surface area contributed by atoms with Gasteiger partial charge in [0, 0.05) is 6.61 Å². The van der Waals surface area contributed by atoms with E-state index in [-0.39, 0.29) is 0 Å². The van der Waals surface area contributed by atoms with Crippen molar-refractivity contribution in [2.24, 2.45) is 52.8 Å². The van der Waals surface area contributed by atoms with Crippen LogP contribution < -0.4 is 0 Å². The van der Waals surface area contributed by atoms with Gasteiger partial charge in [-0.15, -0.1) is 0 Å². The Kier molecular flexibility index (Phi) is 8.92. The minimum Gasteiger partial charge on any atom is -0.378 e. The second kappa shape index (κ2) is 11.3. The number of rotatable bonds is 10. The molecule has 4 saturated carbocycles. The molecule has 0 aromatic rings. The lowest BCUT2D eigenvalue weighted by molar-refractivity contribution is -0.0859. The van der Waals surface area contributed by atoms with Gasteiger partial charge in [-0.2, -0.15) is 0 Å². The van der Waals surface area contributed by atoms with Gasteiger partial charge in [-0.3, -0.25) is 0 Å². The van der Waals surface area contributed by atoms with Crippen molar-refractivity contribution in [3.05, 3.63) is 0 Å². The molecule has 2 nitrogen and oxygen atoms in total. The van der Waals surface area contributed by atoms with E-state index in [1.54, 1.807) is 0 Å². The second-order valence-corrected chi connectivity index (χ2v) is 14.2. The maximum absolute atomic E-state index is 6.89. The van der Waals surface area contributed by atoms with Gasteiger partial charge in [0.15, 0.2) is 0 Å². The van der Waals surface area contributed by atoms with E-state index in [9.17, 15) is 0 Å². The monoisotopic (exact) mass is 460 g/mol. The zero-order valence-corrected chi connectivity index (χ0v) is 23.0. The Morgan fingerprint density at radius 2 is 1.36 bits per heavy atom. The zero-order chi connectivity index (χ0) is 23.6. The molecule has 0 aliphatic heterocycles. The van der Waals surface area contributed by atoms with Crippen molar-refractivity contribution in [3.63, 3.8) is 0 Å². The van der Waals surface area contributed by atoms with E-state index in [0.29, 0.717) is 29.5 Å². The molecule has 4 aliphatic carbocycles. The average Bonchev–Trinajstić information content (AvgIpc) is 2.74. The quantitative estimate of drug-likeness (QED) is 0.325. The van der Waals surface area contributed by atoms with Crippen LogP contribution in [0.3, 0.4) is 0 Å². The van der Waals surface area contributed by atoms with Crippen LogP contribution in [0.15, 0.2) is 0 Å². The van der Waals surface area contributed by atoms with Gasteiger partial charge >= 0.3 is 0 Å². The highest BCUT2D eigenvalue weighted by Crippen LogP contribution is 2.51. The maximum atomic E-state index is 6.89. The summed E-state index contributed by atoms with van der Waals surface area (Å²) in [7, 11) is 0. The zero-order valence-electron chi connectivity index (χ0n) is 23.0. The summed E-state index contributed by atoms with van der Waals surface area (Å²) in [5.41, 5.74) is 0.430. The van der Waals surface area contributed by atoms with Crippen LogP contribution in [0.1, 0.15) is 119 Å². The summed E-state index contributed by atoms with van der Waals surface area (Å²) in [6.45, 7) is 16.2. The van der Waals surface area contributed by atoms with Crippen molar-refractivity contribution in [2.45, 2.75) is 131 Å². The predicted octanol–water partition coefficient (Wildman–Crippen LogP) is 8.53. The lowest BCUT2D eigenvalue weighted by atomic mass is 9.59. The summed E-state index contributed by atoms with van der Waals surface area (Å²) in [6.07, 6.45) is 18.1. The molecule has 4 rings (SSSR count). The molecule has 5 unspecified atom stereocenters. The maximum Gasteiger partial charge on any atom is 0.0601 e. The highest BCUT2D eigenvalue weighted by Gasteiger charge is 2.43. The van der Waals surface area contributed by atoms with Crippen LogP contribution in [0.4, 0.5) is 0 Å². The smallest absolute Gasteiger partial charge is 0.0601 e. The van der Waals surface area contributed by atoms with Gasteiger partial charge < -0.3 is 9.47 Å². The van der Waals surface area contributed by atoms with E-state index < -0.39 is 0 Å². The van der Waals surface area contributed by atoms with E-state index in [1.807, 2.05) is 0 Å². The molecule has 0 aromatic heterocycles. The number of hydrogen-bond acceptors (Lipinski definition) is 2. The normalized spacial score (nSPS) is 40.7. The first-order chi connectivity index (χ1) is 15.7. The van der Waals surface area contributed by atoms with Crippen molar-refractivity contribution in [3.8, 4) is 0 Å². The molecular formula is C31H56O2. The molecule has 4 fully saturated rings. The second-order valence-electron chi connectivity index (χ2n) is 14.2. The van der Waals surface area contributed by atoms with Gasteiger partial charge in [0.2, 0.25) is 0 Å². The van der Waals surface area contributed by atoms with E-state index in [2.05, 4.69) is 41.5 Å². The molecule has 0 aromatic carbocycles. The van der Waals surface area contributed by atoms with Crippen LogP contribution >= 0.6 is 0 Å². The Morgan fingerprint density at radius 1 is 0.758 bits per heavy atom. The molecule has 192 valence electrons. The predicted molar refractivity (Wildman–Crippen MR) is 139 cm³/mol. The van der Waals surface area contributed by atoms with Crippen LogP contribution in [0.2, 0.25) is 0 Å². The average molecular weight is 461 g/mol. The molecule has 6 atom stereocenters. The molecule has 0 radical (unpaired) electrons. The molecule has 4 aliphatic rings. The Hall–Kier alpha value is -0.0800. The Morgan fingerprint density at radius 3 is 1.94 bits per heavy atom. The van der Waals surface area contributed by atoms with Crippen LogP contribution in [-0.4, -0.2) is 25.4 Å². The molecule has 0 amide bonds. The highest BCUT2D eigenvalue weighted by molar-refractivity contribution is 4.93. The van der Waals surface area contributed by atoms with Crippen molar-refractivity contribution in [1.29, 1.82) is 0 Å². The fraction of sp³-hybridized carbons (Fsp3) is 1.00. The van der Waals surface area contributed by atoms with Crippen LogP contribution in [0, 0.1) is 52.8 Å². The molecule has 0 N–H and O–H groups in total. The fourth-order valence-corrected chi connectivity index (χ4v) is 8.47. The van der Waals surface area contributed by atoms with Gasteiger partial charge in [0.1, 0.15) is 0 Å². The summed E-state index contributed by atoms with van der Waals surface area (Å²) in [5, 5.41) is 0.